The second-order valence-corrected chi connectivity index (χ2v) is 6.69. The summed E-state index contributed by atoms with van der Waals surface area (Å²) < 4.78 is 7.16. The minimum Gasteiger partial charge on any atom is -0.488 e. The highest BCUT2D eigenvalue weighted by Gasteiger charge is 2.30. The molecular formula is C18H16ClN3O3. The molecule has 0 unspecified atom stereocenters. The van der Waals surface area contributed by atoms with Crippen molar-refractivity contribution in [1.82, 2.24) is 14.5 Å². The Hall–Kier alpha value is -2.60. The monoisotopic (exact) mass is 357 g/mol. The number of aromatic nitrogens is 2. The normalized spacial score (nSPS) is 15.3. The van der Waals surface area contributed by atoms with E-state index in [1.54, 1.807) is 43.1 Å². The fourth-order valence-electron chi connectivity index (χ4n) is 3.15. The molecule has 0 N–H and O–H groups in total. The number of nitrogens with zero attached hydrogens (tertiary/aromatic N) is 3. The van der Waals surface area contributed by atoms with Crippen molar-refractivity contribution >= 4 is 23.6 Å². The van der Waals surface area contributed by atoms with Gasteiger partial charge in [0, 0.05) is 17.6 Å². The van der Waals surface area contributed by atoms with Gasteiger partial charge in [-0.1, -0.05) is 11.6 Å². The average Bonchev–Trinajstić information content (AvgIpc) is 3.02. The van der Waals surface area contributed by atoms with Crippen LogP contribution in [0.1, 0.15) is 22.6 Å². The highest BCUT2D eigenvalue weighted by atomic mass is 35.5. The fraction of sp³-hybridized carbons (Fsp3) is 0.278. The van der Waals surface area contributed by atoms with E-state index in [1.165, 1.54) is 4.57 Å². The summed E-state index contributed by atoms with van der Waals surface area (Å²) in [5.74, 6) is 1.20. The predicted molar refractivity (Wildman–Crippen MR) is 93.4 cm³/mol. The van der Waals surface area contributed by atoms with E-state index < -0.39 is 0 Å². The van der Waals surface area contributed by atoms with Crippen LogP contribution >= 0.6 is 11.6 Å². The maximum atomic E-state index is 12.9. The van der Waals surface area contributed by atoms with Crippen LogP contribution in [0, 0.1) is 6.92 Å². The topological polar surface area (TPSA) is 64.4 Å². The standard InChI is InChI=1S/C18H16ClN3O3/c1-10-20-15-8-22(7-14(15)18(24)21(10)2)17(23)12-5-11-6-13(19)3-4-16(11)25-9-12/h3-6H,7-9H2,1-2H3. The number of aryl methyl sites for hydroxylation is 1. The van der Waals surface area contributed by atoms with Gasteiger partial charge in [0.1, 0.15) is 18.2 Å². The van der Waals surface area contributed by atoms with Crippen LogP contribution in [0.5, 0.6) is 5.75 Å². The summed E-state index contributed by atoms with van der Waals surface area (Å²) in [4.78, 5) is 31.3. The third-order valence-electron chi connectivity index (χ3n) is 4.63. The van der Waals surface area contributed by atoms with Gasteiger partial charge in [-0.15, -0.1) is 0 Å². The van der Waals surface area contributed by atoms with Crippen molar-refractivity contribution in [2.45, 2.75) is 20.0 Å². The number of fused-ring (bicyclic) bond motifs is 2. The van der Waals surface area contributed by atoms with Crippen LogP contribution in [0.25, 0.3) is 6.08 Å². The highest BCUT2D eigenvalue weighted by molar-refractivity contribution is 6.30. The molecule has 0 radical (unpaired) electrons. The number of rotatable bonds is 1. The zero-order chi connectivity index (χ0) is 17.7. The summed E-state index contributed by atoms with van der Waals surface area (Å²) in [6.45, 7) is 2.59. The Morgan fingerprint density at radius 1 is 1.32 bits per heavy atom. The first kappa shape index (κ1) is 15.9. The van der Waals surface area contributed by atoms with Gasteiger partial charge in [-0.2, -0.15) is 0 Å². The number of amides is 1. The summed E-state index contributed by atoms with van der Waals surface area (Å²) in [6, 6.07) is 5.31. The van der Waals surface area contributed by atoms with E-state index in [1.807, 2.05) is 0 Å². The van der Waals surface area contributed by atoms with E-state index in [9.17, 15) is 9.59 Å². The molecule has 2 aromatic rings. The molecule has 1 aromatic heterocycles. The molecular weight excluding hydrogens is 342 g/mol. The second-order valence-electron chi connectivity index (χ2n) is 6.25. The van der Waals surface area contributed by atoms with Crippen LogP contribution in [0.2, 0.25) is 5.02 Å². The molecule has 4 rings (SSSR count). The van der Waals surface area contributed by atoms with Gasteiger partial charge in [-0.3, -0.25) is 14.2 Å². The maximum absolute atomic E-state index is 12.9. The molecule has 2 aliphatic rings. The van der Waals surface area contributed by atoms with Gasteiger partial charge < -0.3 is 9.64 Å². The first-order chi connectivity index (χ1) is 11.9. The molecule has 0 fully saturated rings. The van der Waals surface area contributed by atoms with Gasteiger partial charge in [0.25, 0.3) is 11.5 Å². The van der Waals surface area contributed by atoms with Gasteiger partial charge in [-0.25, -0.2) is 4.98 Å². The smallest absolute Gasteiger partial charge is 0.258 e. The molecule has 1 amide bonds. The van der Waals surface area contributed by atoms with E-state index in [0.29, 0.717) is 40.0 Å². The van der Waals surface area contributed by atoms with Crippen LogP contribution in [0.15, 0.2) is 28.6 Å². The molecule has 0 aliphatic carbocycles. The molecule has 3 heterocycles. The summed E-state index contributed by atoms with van der Waals surface area (Å²) in [5, 5.41) is 0.587. The molecule has 0 saturated carbocycles. The molecule has 0 saturated heterocycles. The van der Waals surface area contributed by atoms with Crippen LogP contribution in [0.4, 0.5) is 0 Å². The summed E-state index contributed by atoms with van der Waals surface area (Å²) in [5.41, 5.74) is 2.49. The molecule has 7 heteroatoms. The van der Waals surface area contributed by atoms with Gasteiger partial charge in [-0.05, 0) is 31.2 Å². The minimum atomic E-state index is -0.150. The number of benzene rings is 1. The predicted octanol–water partition coefficient (Wildman–Crippen LogP) is 2.06. The summed E-state index contributed by atoms with van der Waals surface area (Å²) >= 11 is 6.01. The van der Waals surface area contributed by atoms with Crippen molar-refractivity contribution in [1.29, 1.82) is 0 Å². The summed E-state index contributed by atoms with van der Waals surface area (Å²) in [6.07, 6.45) is 1.80. The lowest BCUT2D eigenvalue weighted by Gasteiger charge is -2.21. The van der Waals surface area contributed by atoms with Gasteiger partial charge in [0.15, 0.2) is 0 Å². The fourth-order valence-corrected chi connectivity index (χ4v) is 3.33. The Balaban J connectivity index is 1.63. The molecule has 1 aromatic carbocycles. The quantitative estimate of drug-likeness (QED) is 0.783. The molecule has 0 atom stereocenters. The number of hydrogen-bond donors (Lipinski definition) is 0. The maximum Gasteiger partial charge on any atom is 0.258 e. The highest BCUT2D eigenvalue weighted by Crippen LogP contribution is 2.30. The number of halogens is 1. The summed E-state index contributed by atoms with van der Waals surface area (Å²) in [7, 11) is 1.69. The average molecular weight is 358 g/mol. The van der Waals surface area contributed by atoms with Gasteiger partial charge in [0.2, 0.25) is 0 Å². The van der Waals surface area contributed by atoms with Gasteiger partial charge in [0.05, 0.1) is 29.9 Å². The molecule has 25 heavy (non-hydrogen) atoms. The lowest BCUT2D eigenvalue weighted by atomic mass is 10.1. The zero-order valence-electron chi connectivity index (χ0n) is 13.9. The first-order valence-electron chi connectivity index (χ1n) is 7.91. The first-order valence-corrected chi connectivity index (χ1v) is 8.29. The van der Waals surface area contributed by atoms with Crippen molar-refractivity contribution in [3.8, 4) is 5.75 Å². The van der Waals surface area contributed by atoms with Crippen molar-refractivity contribution < 1.29 is 9.53 Å². The van der Waals surface area contributed by atoms with Crippen LogP contribution in [-0.4, -0.2) is 27.0 Å². The van der Waals surface area contributed by atoms with Gasteiger partial charge >= 0.3 is 0 Å². The molecule has 128 valence electrons. The van der Waals surface area contributed by atoms with E-state index in [2.05, 4.69) is 4.98 Å². The van der Waals surface area contributed by atoms with Crippen molar-refractivity contribution in [2.24, 2.45) is 7.05 Å². The lowest BCUT2D eigenvalue weighted by Crippen LogP contribution is -2.31. The molecule has 0 bridgehead atoms. The number of hydrogen-bond acceptors (Lipinski definition) is 4. The zero-order valence-corrected chi connectivity index (χ0v) is 14.6. The molecule has 2 aliphatic heterocycles. The molecule has 0 spiro atoms. The van der Waals surface area contributed by atoms with E-state index >= 15 is 0 Å². The SMILES string of the molecule is Cc1nc2c(c(=O)n1C)CN(C(=O)C1=Cc3cc(Cl)ccc3OC1)C2. The van der Waals surface area contributed by atoms with E-state index in [4.69, 9.17) is 16.3 Å². The molecule has 6 nitrogen and oxygen atoms in total. The third-order valence-corrected chi connectivity index (χ3v) is 4.86. The number of carbonyl (C=O) groups is 1. The Kier molecular flexibility index (Phi) is 3.65. The van der Waals surface area contributed by atoms with E-state index in [0.717, 1.165) is 5.56 Å². The van der Waals surface area contributed by atoms with Crippen molar-refractivity contribution in [3.63, 3.8) is 0 Å². The minimum absolute atomic E-state index is 0.0937. The Bertz CT molecular complexity index is 994. The third kappa shape index (κ3) is 2.62. The van der Waals surface area contributed by atoms with Crippen molar-refractivity contribution in [3.05, 3.63) is 61.8 Å². The van der Waals surface area contributed by atoms with Crippen molar-refractivity contribution in [2.75, 3.05) is 6.61 Å². The van der Waals surface area contributed by atoms with Crippen LogP contribution in [-0.2, 0) is 24.9 Å². The lowest BCUT2D eigenvalue weighted by molar-refractivity contribution is -0.128. The largest absolute Gasteiger partial charge is 0.488 e. The Morgan fingerprint density at radius 2 is 2.12 bits per heavy atom. The Labute approximate surface area is 149 Å². The Morgan fingerprint density at radius 3 is 2.92 bits per heavy atom. The van der Waals surface area contributed by atoms with Crippen LogP contribution < -0.4 is 10.3 Å². The number of carbonyl (C=O) groups excluding carboxylic acids is 1. The number of ether oxygens (including phenoxy) is 1. The second kappa shape index (κ2) is 5.74. The van der Waals surface area contributed by atoms with E-state index in [-0.39, 0.29) is 24.6 Å². The van der Waals surface area contributed by atoms with Crippen LogP contribution in [0.3, 0.4) is 0 Å².